The summed E-state index contributed by atoms with van der Waals surface area (Å²) in [6.07, 6.45) is 8.08. The minimum Gasteiger partial charge on any atom is -0.311 e. The predicted molar refractivity (Wildman–Crippen MR) is 68.1 cm³/mol. The third-order valence-corrected chi connectivity index (χ3v) is 4.70. The second-order valence-electron chi connectivity index (χ2n) is 5.32. The summed E-state index contributed by atoms with van der Waals surface area (Å²) in [6, 6.07) is 1.37. The number of nitrogens with one attached hydrogen (secondary N) is 1. The fourth-order valence-electron chi connectivity index (χ4n) is 3.24. The third-order valence-electron chi connectivity index (χ3n) is 3.92. The minimum atomic E-state index is 0.367. The molecule has 2 bridgehead atoms. The molecular formula is C13H18N2OS. The van der Waals surface area contributed by atoms with Gasteiger partial charge >= 0.3 is 0 Å². The number of hydrogen-bond donors (Lipinski definition) is 1. The maximum atomic E-state index is 12.0. The van der Waals surface area contributed by atoms with E-state index in [1.54, 1.807) is 17.5 Å². The predicted octanol–water partition coefficient (Wildman–Crippen LogP) is 2.18. The highest BCUT2D eigenvalue weighted by Gasteiger charge is 2.34. The molecule has 0 spiro atoms. The normalized spacial score (nSPS) is 31.6. The second-order valence-corrected chi connectivity index (χ2v) is 6.30. The van der Waals surface area contributed by atoms with Crippen LogP contribution in [0.15, 0.2) is 11.6 Å². The second kappa shape index (κ2) is 4.86. The summed E-state index contributed by atoms with van der Waals surface area (Å²) in [5.74, 6) is 0.979. The quantitative estimate of drug-likeness (QED) is 0.890. The Morgan fingerprint density at radius 1 is 1.41 bits per heavy atom. The molecule has 2 aliphatic rings. The van der Waals surface area contributed by atoms with E-state index in [2.05, 4.69) is 10.3 Å². The highest BCUT2D eigenvalue weighted by molar-refractivity contribution is 7.09. The molecule has 2 aliphatic heterocycles. The van der Waals surface area contributed by atoms with E-state index in [1.807, 2.05) is 5.38 Å². The molecule has 92 valence electrons. The lowest BCUT2D eigenvalue weighted by Crippen LogP contribution is -2.38. The van der Waals surface area contributed by atoms with Gasteiger partial charge in [-0.3, -0.25) is 4.79 Å². The van der Waals surface area contributed by atoms with E-state index in [0.29, 0.717) is 30.2 Å². The molecule has 0 saturated carbocycles. The van der Waals surface area contributed by atoms with E-state index >= 15 is 0 Å². The van der Waals surface area contributed by atoms with Crippen LogP contribution in [0, 0.1) is 5.92 Å². The van der Waals surface area contributed by atoms with Crippen molar-refractivity contribution in [1.29, 1.82) is 0 Å². The summed E-state index contributed by atoms with van der Waals surface area (Å²) in [7, 11) is 0. The van der Waals surface area contributed by atoms with Crippen LogP contribution in [-0.2, 0) is 11.2 Å². The standard InChI is InChI=1S/C13H18N2OS/c16-12(8-13-14-3-4-17-13)7-9-5-10-1-2-11(6-9)15-10/h3-4,9-11,15H,1-2,5-8H2. The van der Waals surface area contributed by atoms with Gasteiger partial charge in [0.05, 0.1) is 11.4 Å². The maximum absolute atomic E-state index is 12.0. The number of ketones is 1. The number of nitrogens with zero attached hydrogens (tertiary/aromatic N) is 1. The Bertz CT molecular complexity index is 378. The molecular weight excluding hydrogens is 232 g/mol. The Balaban J connectivity index is 1.51. The number of carbonyl (C=O) groups is 1. The number of fused-ring (bicyclic) bond motifs is 2. The number of hydrogen-bond acceptors (Lipinski definition) is 4. The first kappa shape index (κ1) is 11.4. The van der Waals surface area contributed by atoms with Gasteiger partial charge in [0.25, 0.3) is 0 Å². The molecule has 2 unspecified atom stereocenters. The minimum absolute atomic E-state index is 0.367. The molecule has 1 aromatic heterocycles. The molecule has 0 amide bonds. The average molecular weight is 250 g/mol. The topological polar surface area (TPSA) is 42.0 Å². The SMILES string of the molecule is O=C(Cc1nccs1)CC1CC2CCC(C1)N2. The van der Waals surface area contributed by atoms with Crippen molar-refractivity contribution in [2.45, 2.75) is 50.6 Å². The van der Waals surface area contributed by atoms with Crippen LogP contribution in [0.2, 0.25) is 0 Å². The number of carbonyl (C=O) groups excluding carboxylic acids is 1. The van der Waals surface area contributed by atoms with E-state index in [4.69, 9.17) is 0 Å². The van der Waals surface area contributed by atoms with Crippen molar-refractivity contribution in [1.82, 2.24) is 10.3 Å². The molecule has 3 rings (SSSR count). The number of rotatable bonds is 4. The van der Waals surface area contributed by atoms with Crippen LogP contribution in [0.25, 0.3) is 0 Å². The van der Waals surface area contributed by atoms with Gasteiger partial charge in [-0.05, 0) is 31.6 Å². The van der Waals surface area contributed by atoms with Crippen molar-refractivity contribution in [2.75, 3.05) is 0 Å². The number of aromatic nitrogens is 1. The van der Waals surface area contributed by atoms with Gasteiger partial charge < -0.3 is 5.32 Å². The van der Waals surface area contributed by atoms with Crippen LogP contribution in [0.4, 0.5) is 0 Å². The fourth-order valence-corrected chi connectivity index (χ4v) is 3.89. The molecule has 4 heteroatoms. The lowest BCUT2D eigenvalue weighted by Gasteiger charge is -2.28. The van der Waals surface area contributed by atoms with Crippen LogP contribution < -0.4 is 5.32 Å². The molecule has 3 nitrogen and oxygen atoms in total. The van der Waals surface area contributed by atoms with Crippen molar-refractivity contribution in [2.24, 2.45) is 5.92 Å². The highest BCUT2D eigenvalue weighted by Crippen LogP contribution is 2.32. The zero-order chi connectivity index (χ0) is 11.7. The van der Waals surface area contributed by atoms with Gasteiger partial charge in [-0.25, -0.2) is 4.98 Å². The van der Waals surface area contributed by atoms with Gasteiger partial charge in [-0.1, -0.05) is 0 Å². The first-order valence-corrected chi connectivity index (χ1v) is 7.33. The number of thiazole rings is 1. The van der Waals surface area contributed by atoms with Crippen LogP contribution >= 0.6 is 11.3 Å². The first-order chi connectivity index (χ1) is 8.29. The molecule has 0 aromatic carbocycles. The first-order valence-electron chi connectivity index (χ1n) is 6.45. The summed E-state index contributed by atoms with van der Waals surface area (Å²) in [4.78, 5) is 16.1. The monoisotopic (exact) mass is 250 g/mol. The van der Waals surface area contributed by atoms with Gasteiger partial charge in [-0.15, -0.1) is 11.3 Å². The van der Waals surface area contributed by atoms with E-state index < -0.39 is 0 Å². The van der Waals surface area contributed by atoms with Crippen molar-refractivity contribution in [3.05, 3.63) is 16.6 Å². The molecule has 0 radical (unpaired) electrons. The lowest BCUT2D eigenvalue weighted by molar-refractivity contribution is -0.119. The van der Waals surface area contributed by atoms with E-state index in [0.717, 1.165) is 11.4 Å². The van der Waals surface area contributed by atoms with Crippen molar-refractivity contribution >= 4 is 17.1 Å². The molecule has 17 heavy (non-hydrogen) atoms. The Morgan fingerprint density at radius 2 is 2.18 bits per heavy atom. The molecule has 2 saturated heterocycles. The Morgan fingerprint density at radius 3 is 2.82 bits per heavy atom. The fraction of sp³-hybridized carbons (Fsp3) is 0.692. The molecule has 2 atom stereocenters. The zero-order valence-corrected chi connectivity index (χ0v) is 10.7. The zero-order valence-electron chi connectivity index (χ0n) is 9.89. The summed E-state index contributed by atoms with van der Waals surface area (Å²) in [6.45, 7) is 0. The molecule has 1 N–H and O–H groups in total. The van der Waals surface area contributed by atoms with E-state index in [-0.39, 0.29) is 0 Å². The van der Waals surface area contributed by atoms with Gasteiger partial charge in [0.2, 0.25) is 0 Å². The smallest absolute Gasteiger partial charge is 0.139 e. The molecule has 3 heterocycles. The average Bonchev–Trinajstić information content (AvgIpc) is 2.89. The Labute approximate surface area is 106 Å². The van der Waals surface area contributed by atoms with Crippen LogP contribution in [0.3, 0.4) is 0 Å². The molecule has 1 aromatic rings. The van der Waals surface area contributed by atoms with Crippen molar-refractivity contribution < 1.29 is 4.79 Å². The van der Waals surface area contributed by atoms with Gasteiger partial charge in [0, 0.05) is 30.1 Å². The summed E-state index contributed by atoms with van der Waals surface area (Å²) >= 11 is 1.58. The summed E-state index contributed by atoms with van der Waals surface area (Å²) < 4.78 is 0. The Kier molecular flexibility index (Phi) is 3.25. The summed E-state index contributed by atoms with van der Waals surface area (Å²) in [5, 5.41) is 6.52. The van der Waals surface area contributed by atoms with Crippen LogP contribution in [0.1, 0.15) is 37.1 Å². The highest BCUT2D eigenvalue weighted by atomic mass is 32.1. The van der Waals surface area contributed by atoms with Crippen LogP contribution in [0.5, 0.6) is 0 Å². The van der Waals surface area contributed by atoms with Crippen molar-refractivity contribution in [3.8, 4) is 0 Å². The van der Waals surface area contributed by atoms with E-state index in [1.165, 1.54) is 25.7 Å². The lowest BCUT2D eigenvalue weighted by atomic mass is 9.88. The van der Waals surface area contributed by atoms with Gasteiger partial charge in [-0.2, -0.15) is 0 Å². The maximum Gasteiger partial charge on any atom is 0.139 e. The third kappa shape index (κ3) is 2.75. The molecule has 0 aliphatic carbocycles. The van der Waals surface area contributed by atoms with Gasteiger partial charge in [0.15, 0.2) is 0 Å². The summed E-state index contributed by atoms with van der Waals surface area (Å²) in [5.41, 5.74) is 0. The largest absolute Gasteiger partial charge is 0.311 e. The number of Topliss-reactive ketones (excluding diaryl/α,β-unsaturated/α-hetero) is 1. The van der Waals surface area contributed by atoms with Gasteiger partial charge in [0.1, 0.15) is 5.78 Å². The van der Waals surface area contributed by atoms with E-state index in [9.17, 15) is 4.79 Å². The Hall–Kier alpha value is -0.740. The van der Waals surface area contributed by atoms with Crippen LogP contribution in [-0.4, -0.2) is 22.9 Å². The number of piperidine rings is 1. The molecule has 2 fully saturated rings. The van der Waals surface area contributed by atoms with Crippen molar-refractivity contribution in [3.63, 3.8) is 0 Å².